The van der Waals surface area contributed by atoms with Crippen molar-refractivity contribution in [3.8, 4) is 16.9 Å². The lowest BCUT2D eigenvalue weighted by atomic mass is 9.76. The molecular weight excluding hydrogens is 421 g/mol. The van der Waals surface area contributed by atoms with Gasteiger partial charge in [-0.2, -0.15) is 13.2 Å². The van der Waals surface area contributed by atoms with Crippen LogP contribution in [0.15, 0.2) is 67.1 Å². The van der Waals surface area contributed by atoms with Gasteiger partial charge in [0.2, 0.25) is 0 Å². The number of rotatable bonds is 6. The van der Waals surface area contributed by atoms with Crippen LogP contribution in [0.4, 0.5) is 13.2 Å². The molecule has 1 aliphatic heterocycles. The van der Waals surface area contributed by atoms with Gasteiger partial charge in [-0.05, 0) is 42.3 Å². The number of aromatic nitrogens is 3. The summed E-state index contributed by atoms with van der Waals surface area (Å²) < 4.78 is 47.7. The van der Waals surface area contributed by atoms with E-state index in [0.717, 1.165) is 11.1 Å². The lowest BCUT2D eigenvalue weighted by Crippen LogP contribution is -2.54. The summed E-state index contributed by atoms with van der Waals surface area (Å²) in [7, 11) is 0. The average molecular weight is 442 g/mol. The van der Waals surface area contributed by atoms with Crippen LogP contribution in [0.1, 0.15) is 30.9 Å². The Kier molecular flexibility index (Phi) is 5.37. The normalized spacial score (nSPS) is 20.0. The Morgan fingerprint density at radius 3 is 2.53 bits per heavy atom. The molecule has 1 aromatic carbocycles. The van der Waals surface area contributed by atoms with E-state index in [2.05, 4.69) is 15.0 Å². The molecular formula is C23H21F3N4O2. The van der Waals surface area contributed by atoms with Gasteiger partial charge in [0.15, 0.2) is 5.60 Å². The molecule has 0 aliphatic carbocycles. The van der Waals surface area contributed by atoms with E-state index in [9.17, 15) is 18.3 Å². The first-order valence-electron chi connectivity index (χ1n) is 9.84. The second-order valence-corrected chi connectivity index (χ2v) is 8.06. The molecule has 2 atom stereocenters. The first-order chi connectivity index (χ1) is 15.1. The van der Waals surface area contributed by atoms with E-state index in [0.29, 0.717) is 16.9 Å². The molecule has 3 N–H and O–H groups in total. The molecule has 0 amide bonds. The van der Waals surface area contributed by atoms with E-state index in [-0.39, 0.29) is 5.70 Å². The molecule has 0 fully saturated rings. The largest absolute Gasteiger partial charge is 0.482 e. The number of hydrogen-bond acceptors (Lipinski definition) is 6. The fraction of sp³-hybridized carbons (Fsp3) is 0.261. The predicted octanol–water partition coefficient (Wildman–Crippen LogP) is 4.22. The van der Waals surface area contributed by atoms with Crippen molar-refractivity contribution in [3.05, 3.63) is 78.3 Å². The second kappa shape index (κ2) is 7.90. The fourth-order valence-corrected chi connectivity index (χ4v) is 3.93. The van der Waals surface area contributed by atoms with Gasteiger partial charge < -0.3 is 15.6 Å². The fourth-order valence-electron chi connectivity index (χ4n) is 3.93. The van der Waals surface area contributed by atoms with Gasteiger partial charge in [0.1, 0.15) is 17.7 Å². The van der Waals surface area contributed by atoms with Gasteiger partial charge in [-0.3, -0.25) is 4.98 Å². The van der Waals surface area contributed by atoms with Crippen LogP contribution in [0.3, 0.4) is 0 Å². The van der Waals surface area contributed by atoms with Crippen molar-refractivity contribution in [1.29, 1.82) is 0 Å². The van der Waals surface area contributed by atoms with Gasteiger partial charge in [0.05, 0.1) is 0 Å². The predicted molar refractivity (Wildman–Crippen MR) is 112 cm³/mol. The molecule has 2 aromatic heterocycles. The summed E-state index contributed by atoms with van der Waals surface area (Å²) in [6.07, 6.45) is 2.57. The summed E-state index contributed by atoms with van der Waals surface area (Å²) in [5, 5.41) is 10.7. The molecule has 0 spiro atoms. The number of alkyl halides is 3. The number of ether oxygens (including phenoxy) is 1. The zero-order valence-corrected chi connectivity index (χ0v) is 17.2. The summed E-state index contributed by atoms with van der Waals surface area (Å²) in [6.45, 7) is 1.53. The Bertz CT molecular complexity index is 1140. The molecule has 3 aromatic rings. The van der Waals surface area contributed by atoms with E-state index >= 15 is 0 Å². The number of aliphatic hydroxyl groups is 1. The summed E-state index contributed by atoms with van der Waals surface area (Å²) >= 11 is 0. The van der Waals surface area contributed by atoms with Gasteiger partial charge in [0.25, 0.3) is 0 Å². The van der Waals surface area contributed by atoms with Crippen molar-refractivity contribution >= 4 is 6.08 Å². The molecule has 2 unspecified atom stereocenters. The van der Waals surface area contributed by atoms with Gasteiger partial charge in [-0.15, -0.1) is 0 Å². The van der Waals surface area contributed by atoms with Crippen molar-refractivity contribution < 1.29 is 23.0 Å². The van der Waals surface area contributed by atoms with Crippen molar-refractivity contribution in [2.24, 2.45) is 5.73 Å². The highest BCUT2D eigenvalue weighted by Crippen LogP contribution is 2.52. The molecule has 0 saturated carbocycles. The summed E-state index contributed by atoms with van der Waals surface area (Å²) in [4.78, 5) is 11.9. The maximum absolute atomic E-state index is 14.0. The first kappa shape index (κ1) is 21.8. The molecule has 3 heterocycles. The van der Waals surface area contributed by atoms with Gasteiger partial charge in [-0.1, -0.05) is 12.1 Å². The lowest BCUT2D eigenvalue weighted by Gasteiger charge is -2.46. The topological polar surface area (TPSA) is 94.2 Å². The number of nitrogens with zero attached hydrogens (tertiary/aromatic N) is 3. The zero-order valence-electron chi connectivity index (χ0n) is 17.2. The van der Waals surface area contributed by atoms with Crippen molar-refractivity contribution in [1.82, 2.24) is 15.0 Å². The number of pyridine rings is 1. The highest BCUT2D eigenvalue weighted by Gasteiger charge is 2.59. The maximum Gasteiger partial charge on any atom is 0.417 e. The number of hydrogen-bond donors (Lipinski definition) is 2. The third kappa shape index (κ3) is 4.16. The SMILES string of the molecule is CC1(CC(O)(C/C(N)=C/c2cccnc2)C(F)(F)F)Oc2ccc(-c3cncnc3)cc21. The van der Waals surface area contributed by atoms with Crippen molar-refractivity contribution in [2.75, 3.05) is 0 Å². The Morgan fingerprint density at radius 2 is 1.88 bits per heavy atom. The van der Waals surface area contributed by atoms with Crippen LogP contribution in [0.5, 0.6) is 5.75 Å². The quantitative estimate of drug-likeness (QED) is 0.594. The van der Waals surface area contributed by atoms with Crippen LogP contribution in [0, 0.1) is 0 Å². The van der Waals surface area contributed by atoms with E-state index in [4.69, 9.17) is 10.5 Å². The van der Waals surface area contributed by atoms with Crippen molar-refractivity contribution in [3.63, 3.8) is 0 Å². The van der Waals surface area contributed by atoms with Crippen LogP contribution in [0.25, 0.3) is 17.2 Å². The number of nitrogens with two attached hydrogens (primary N) is 1. The zero-order chi connectivity index (χ0) is 23.0. The third-order valence-corrected chi connectivity index (χ3v) is 5.47. The number of fused-ring (bicyclic) bond motifs is 1. The maximum atomic E-state index is 14.0. The Labute approximate surface area is 182 Å². The molecule has 6 nitrogen and oxygen atoms in total. The van der Waals surface area contributed by atoms with Gasteiger partial charge >= 0.3 is 6.18 Å². The standard InChI is InChI=1S/C23H21F3N4O2/c1-21(19-8-16(4-5-20(19)32-21)17-11-29-14-30-12-17)13-22(31,23(24,25)26)9-18(27)7-15-3-2-6-28-10-15/h2-8,10-12,14,31H,9,13,27H2,1H3/b18-7-. The number of benzene rings is 1. The highest BCUT2D eigenvalue weighted by atomic mass is 19.4. The van der Waals surface area contributed by atoms with Crippen LogP contribution in [0.2, 0.25) is 0 Å². The molecule has 0 radical (unpaired) electrons. The minimum absolute atomic E-state index is 0.115. The minimum Gasteiger partial charge on any atom is -0.482 e. The monoisotopic (exact) mass is 442 g/mol. The smallest absolute Gasteiger partial charge is 0.417 e. The Morgan fingerprint density at radius 1 is 1.12 bits per heavy atom. The lowest BCUT2D eigenvalue weighted by molar-refractivity contribution is -0.275. The van der Waals surface area contributed by atoms with Gasteiger partial charge in [0, 0.05) is 54.5 Å². The Hall–Kier alpha value is -3.46. The van der Waals surface area contributed by atoms with Gasteiger partial charge in [-0.25, -0.2) is 9.97 Å². The van der Waals surface area contributed by atoms with E-state index in [1.165, 1.54) is 25.5 Å². The van der Waals surface area contributed by atoms with E-state index in [1.54, 1.807) is 48.9 Å². The molecule has 1 aliphatic rings. The van der Waals surface area contributed by atoms with Crippen LogP contribution in [-0.4, -0.2) is 31.8 Å². The minimum atomic E-state index is -4.92. The third-order valence-electron chi connectivity index (χ3n) is 5.47. The van der Waals surface area contributed by atoms with E-state index < -0.39 is 30.2 Å². The highest BCUT2D eigenvalue weighted by molar-refractivity contribution is 5.66. The summed E-state index contributed by atoms with van der Waals surface area (Å²) in [6, 6.07) is 8.51. The molecule has 9 heteroatoms. The molecule has 32 heavy (non-hydrogen) atoms. The molecule has 0 saturated heterocycles. The Balaban J connectivity index is 1.62. The van der Waals surface area contributed by atoms with Crippen LogP contribution < -0.4 is 10.5 Å². The number of halogens is 3. The van der Waals surface area contributed by atoms with Crippen LogP contribution >= 0.6 is 0 Å². The molecule has 4 rings (SSSR count). The summed E-state index contributed by atoms with van der Waals surface area (Å²) in [5.41, 5.74) is 3.90. The molecule has 0 bridgehead atoms. The van der Waals surface area contributed by atoms with E-state index in [1.807, 2.05) is 0 Å². The molecule has 166 valence electrons. The summed E-state index contributed by atoms with van der Waals surface area (Å²) in [5.74, 6) is 0.469. The first-order valence-corrected chi connectivity index (χ1v) is 9.84. The second-order valence-electron chi connectivity index (χ2n) is 8.06. The average Bonchev–Trinajstić information content (AvgIpc) is 2.73. The van der Waals surface area contributed by atoms with Crippen molar-refractivity contribution in [2.45, 2.75) is 37.1 Å². The van der Waals surface area contributed by atoms with Crippen LogP contribution in [-0.2, 0) is 5.60 Å².